The number of benzene rings is 1. The quantitative estimate of drug-likeness (QED) is 0.688. The van der Waals surface area contributed by atoms with Gasteiger partial charge in [-0.05, 0) is 36.2 Å². The number of carbonyl (C=O) groups excluding carboxylic acids is 2. The second-order valence-electron chi connectivity index (χ2n) is 6.61. The zero-order chi connectivity index (χ0) is 19.7. The molecule has 140 valence electrons. The molecule has 2 aromatic heterocycles. The van der Waals surface area contributed by atoms with Gasteiger partial charge in [0.15, 0.2) is 11.5 Å². The van der Waals surface area contributed by atoms with Crippen molar-refractivity contribution in [1.29, 1.82) is 0 Å². The number of pyridine rings is 1. The Balaban J connectivity index is 1.79. The Bertz CT molecular complexity index is 1050. The molecule has 1 aliphatic heterocycles. The first-order chi connectivity index (χ1) is 13.6. The van der Waals surface area contributed by atoms with Gasteiger partial charge < -0.3 is 14.4 Å². The summed E-state index contributed by atoms with van der Waals surface area (Å²) >= 11 is 0. The first kappa shape index (κ1) is 17.7. The molecule has 0 aliphatic carbocycles. The maximum Gasteiger partial charge on any atom is 0.290 e. The van der Waals surface area contributed by atoms with E-state index in [-0.39, 0.29) is 17.9 Å². The molecule has 1 N–H and O–H groups in total. The van der Waals surface area contributed by atoms with Gasteiger partial charge in [0.05, 0.1) is 11.6 Å². The normalized spacial score (nSPS) is 16.7. The zero-order valence-electron chi connectivity index (χ0n) is 15.2. The van der Waals surface area contributed by atoms with Crippen molar-refractivity contribution in [3.05, 3.63) is 101 Å². The average Bonchev–Trinajstić information content (AvgIpc) is 3.26. The molecule has 6 nitrogen and oxygen atoms in total. The summed E-state index contributed by atoms with van der Waals surface area (Å²) in [6.07, 6.45) is 3.21. The molecule has 3 aromatic rings. The molecule has 1 atom stereocenters. The molecule has 0 radical (unpaired) electrons. The molecule has 3 heterocycles. The maximum absolute atomic E-state index is 13.1. The van der Waals surface area contributed by atoms with Gasteiger partial charge in [-0.25, -0.2) is 0 Å². The number of aromatic nitrogens is 1. The lowest BCUT2D eigenvalue weighted by molar-refractivity contribution is -0.130. The van der Waals surface area contributed by atoms with Crippen molar-refractivity contribution < 1.29 is 19.1 Å². The minimum Gasteiger partial charge on any atom is -0.503 e. The van der Waals surface area contributed by atoms with Crippen LogP contribution in [0.15, 0.2) is 82.7 Å². The number of amides is 1. The lowest BCUT2D eigenvalue weighted by Crippen LogP contribution is -2.30. The SMILES string of the molecule is Cc1ccc(C(=O)C2=C(O)C(=O)N(Cc3ccccc3)[C@@H]2c2cccnc2)o1. The lowest BCUT2D eigenvalue weighted by atomic mass is 9.96. The van der Waals surface area contributed by atoms with Crippen LogP contribution in [0.2, 0.25) is 0 Å². The number of furan rings is 1. The molecule has 28 heavy (non-hydrogen) atoms. The number of hydrogen-bond donors (Lipinski definition) is 1. The number of hydrogen-bond acceptors (Lipinski definition) is 5. The number of carbonyl (C=O) groups is 2. The van der Waals surface area contributed by atoms with Gasteiger partial charge in [-0.15, -0.1) is 0 Å². The van der Waals surface area contributed by atoms with E-state index in [2.05, 4.69) is 4.98 Å². The second kappa shape index (κ2) is 7.15. The van der Waals surface area contributed by atoms with Crippen LogP contribution in [-0.4, -0.2) is 26.7 Å². The van der Waals surface area contributed by atoms with E-state index in [0.717, 1.165) is 5.56 Å². The molecular formula is C22H18N2O4. The fraction of sp³-hybridized carbons (Fsp3) is 0.136. The van der Waals surface area contributed by atoms with Crippen LogP contribution in [0.25, 0.3) is 0 Å². The Morgan fingerprint density at radius 2 is 1.93 bits per heavy atom. The van der Waals surface area contributed by atoms with Crippen LogP contribution < -0.4 is 0 Å². The van der Waals surface area contributed by atoms with Crippen molar-refractivity contribution in [2.45, 2.75) is 19.5 Å². The van der Waals surface area contributed by atoms with E-state index >= 15 is 0 Å². The van der Waals surface area contributed by atoms with E-state index in [0.29, 0.717) is 11.3 Å². The van der Waals surface area contributed by atoms with E-state index in [1.54, 1.807) is 43.6 Å². The van der Waals surface area contributed by atoms with Crippen LogP contribution in [0.1, 0.15) is 33.5 Å². The standard InChI is InChI=1S/C22H18N2O4/c1-14-9-10-17(28-14)20(25)18-19(16-8-5-11-23-12-16)24(22(27)21(18)26)13-15-6-3-2-4-7-15/h2-12,19,26H,13H2,1H3/t19-/m1/s1. The molecule has 0 bridgehead atoms. The van der Waals surface area contributed by atoms with Crippen molar-refractivity contribution in [2.24, 2.45) is 0 Å². The van der Waals surface area contributed by atoms with Gasteiger partial charge in [0.25, 0.3) is 5.91 Å². The van der Waals surface area contributed by atoms with E-state index in [9.17, 15) is 14.7 Å². The van der Waals surface area contributed by atoms with Crippen molar-refractivity contribution in [2.75, 3.05) is 0 Å². The number of aliphatic hydroxyl groups excluding tert-OH is 1. The highest BCUT2D eigenvalue weighted by Gasteiger charge is 2.44. The van der Waals surface area contributed by atoms with Gasteiger partial charge in [0, 0.05) is 18.9 Å². The van der Waals surface area contributed by atoms with E-state index < -0.39 is 23.5 Å². The van der Waals surface area contributed by atoms with Crippen LogP contribution in [0.3, 0.4) is 0 Å². The summed E-state index contributed by atoms with van der Waals surface area (Å²) in [5.74, 6) is -0.995. The van der Waals surface area contributed by atoms with Gasteiger partial charge in [-0.1, -0.05) is 36.4 Å². The maximum atomic E-state index is 13.1. The van der Waals surface area contributed by atoms with Crippen molar-refractivity contribution >= 4 is 11.7 Å². The molecule has 0 saturated carbocycles. The zero-order valence-corrected chi connectivity index (χ0v) is 15.2. The smallest absolute Gasteiger partial charge is 0.290 e. The Hall–Kier alpha value is -3.67. The highest BCUT2D eigenvalue weighted by Crippen LogP contribution is 2.39. The first-order valence-corrected chi connectivity index (χ1v) is 8.85. The van der Waals surface area contributed by atoms with E-state index in [1.165, 1.54) is 4.90 Å². The van der Waals surface area contributed by atoms with Gasteiger partial charge in [-0.2, -0.15) is 0 Å². The molecule has 0 fully saturated rings. The molecule has 4 rings (SSSR count). The topological polar surface area (TPSA) is 83.6 Å². The predicted molar refractivity (Wildman–Crippen MR) is 101 cm³/mol. The fourth-order valence-electron chi connectivity index (χ4n) is 3.40. The van der Waals surface area contributed by atoms with Crippen LogP contribution in [0.5, 0.6) is 0 Å². The summed E-state index contributed by atoms with van der Waals surface area (Å²) in [6, 6.07) is 15.4. The third-order valence-electron chi connectivity index (χ3n) is 4.71. The molecule has 6 heteroatoms. The Kier molecular flexibility index (Phi) is 4.53. The van der Waals surface area contributed by atoms with E-state index in [4.69, 9.17) is 4.42 Å². The molecule has 1 amide bonds. The number of aliphatic hydroxyl groups is 1. The van der Waals surface area contributed by atoms with Crippen LogP contribution in [-0.2, 0) is 11.3 Å². The number of rotatable bonds is 5. The van der Waals surface area contributed by atoms with Gasteiger partial charge in [0.1, 0.15) is 5.76 Å². The second-order valence-corrected chi connectivity index (χ2v) is 6.61. The van der Waals surface area contributed by atoms with Crippen molar-refractivity contribution in [1.82, 2.24) is 9.88 Å². The van der Waals surface area contributed by atoms with Crippen molar-refractivity contribution in [3.8, 4) is 0 Å². The van der Waals surface area contributed by atoms with Crippen LogP contribution in [0, 0.1) is 6.92 Å². The summed E-state index contributed by atoms with van der Waals surface area (Å²) < 4.78 is 5.44. The highest BCUT2D eigenvalue weighted by atomic mass is 16.3. The summed E-state index contributed by atoms with van der Waals surface area (Å²) in [5.41, 5.74) is 1.53. The summed E-state index contributed by atoms with van der Waals surface area (Å²) in [4.78, 5) is 31.5. The summed E-state index contributed by atoms with van der Waals surface area (Å²) in [5, 5.41) is 10.6. The first-order valence-electron chi connectivity index (χ1n) is 8.85. The molecule has 1 aliphatic rings. The number of Topliss-reactive ketones (excluding diaryl/α,β-unsaturated/α-hetero) is 1. The molecule has 0 spiro atoms. The minimum absolute atomic E-state index is 0.00304. The Morgan fingerprint density at radius 1 is 1.14 bits per heavy atom. The number of nitrogens with zero attached hydrogens (tertiary/aromatic N) is 2. The molecule has 0 saturated heterocycles. The highest BCUT2D eigenvalue weighted by molar-refractivity contribution is 6.15. The Morgan fingerprint density at radius 3 is 2.57 bits per heavy atom. The van der Waals surface area contributed by atoms with Gasteiger partial charge in [-0.3, -0.25) is 14.6 Å². The van der Waals surface area contributed by atoms with Gasteiger partial charge in [0.2, 0.25) is 5.78 Å². The average molecular weight is 374 g/mol. The number of ketones is 1. The van der Waals surface area contributed by atoms with Crippen molar-refractivity contribution in [3.63, 3.8) is 0 Å². The molecule has 1 aromatic carbocycles. The largest absolute Gasteiger partial charge is 0.503 e. The van der Waals surface area contributed by atoms with Gasteiger partial charge >= 0.3 is 0 Å². The molecule has 0 unspecified atom stereocenters. The van der Waals surface area contributed by atoms with Crippen LogP contribution in [0.4, 0.5) is 0 Å². The predicted octanol–water partition coefficient (Wildman–Crippen LogP) is 3.76. The van der Waals surface area contributed by atoms with E-state index in [1.807, 2.05) is 30.3 Å². The summed E-state index contributed by atoms with van der Waals surface area (Å²) in [7, 11) is 0. The third kappa shape index (κ3) is 3.09. The fourth-order valence-corrected chi connectivity index (χ4v) is 3.40. The Labute approximate surface area is 161 Å². The minimum atomic E-state index is -0.751. The number of aryl methyl sites for hydroxylation is 1. The third-order valence-corrected chi connectivity index (χ3v) is 4.71. The van der Waals surface area contributed by atoms with Crippen LogP contribution >= 0.6 is 0 Å². The monoisotopic (exact) mass is 374 g/mol. The lowest BCUT2D eigenvalue weighted by Gasteiger charge is -2.26. The molecular weight excluding hydrogens is 356 g/mol. The summed E-state index contributed by atoms with van der Waals surface area (Å²) in [6.45, 7) is 1.97.